The second-order valence-electron chi connectivity index (χ2n) is 7.28. The van der Waals surface area contributed by atoms with Crippen LogP contribution in [0.2, 0.25) is 0 Å². The van der Waals surface area contributed by atoms with Crippen LogP contribution >= 0.6 is 0 Å². The van der Waals surface area contributed by atoms with E-state index in [4.69, 9.17) is 4.74 Å². The fourth-order valence-electron chi connectivity index (χ4n) is 4.01. The number of hydrogen-bond acceptors (Lipinski definition) is 4. The zero-order valence-corrected chi connectivity index (χ0v) is 15.2. The van der Waals surface area contributed by atoms with E-state index in [1.165, 1.54) is 5.56 Å². The lowest BCUT2D eigenvalue weighted by atomic mass is 9.84. The first-order valence-corrected chi connectivity index (χ1v) is 9.47. The molecule has 0 unspecified atom stereocenters. The molecule has 1 aromatic carbocycles. The number of piperazine rings is 1. The van der Waals surface area contributed by atoms with E-state index in [0.29, 0.717) is 6.42 Å². The molecular weight excluding hydrogens is 316 g/mol. The molecule has 1 aliphatic carbocycles. The Bertz CT molecular complexity index is 570. The highest BCUT2D eigenvalue weighted by atomic mass is 16.5. The third-order valence-corrected chi connectivity index (χ3v) is 5.62. The van der Waals surface area contributed by atoms with Gasteiger partial charge in [0.1, 0.15) is 5.75 Å². The molecule has 2 fully saturated rings. The number of amides is 1. The van der Waals surface area contributed by atoms with Crippen LogP contribution in [0.25, 0.3) is 0 Å². The molecule has 0 aromatic heterocycles. The maximum atomic E-state index is 12.6. The van der Waals surface area contributed by atoms with E-state index < -0.39 is 0 Å². The van der Waals surface area contributed by atoms with Crippen LogP contribution in [-0.4, -0.2) is 60.2 Å². The Morgan fingerprint density at radius 1 is 1.16 bits per heavy atom. The Kier molecular flexibility index (Phi) is 6.32. The van der Waals surface area contributed by atoms with E-state index >= 15 is 0 Å². The average Bonchev–Trinajstić information content (AvgIpc) is 2.64. The third-order valence-electron chi connectivity index (χ3n) is 5.62. The summed E-state index contributed by atoms with van der Waals surface area (Å²) in [6.45, 7) is 4.18. The van der Waals surface area contributed by atoms with Gasteiger partial charge < -0.3 is 14.7 Å². The van der Waals surface area contributed by atoms with Crippen molar-refractivity contribution in [3.63, 3.8) is 0 Å². The summed E-state index contributed by atoms with van der Waals surface area (Å²) in [6.07, 6.45) is 4.29. The number of benzene rings is 1. The monoisotopic (exact) mass is 346 g/mol. The van der Waals surface area contributed by atoms with Crippen molar-refractivity contribution in [2.45, 2.75) is 44.8 Å². The van der Waals surface area contributed by atoms with Gasteiger partial charge in [-0.25, -0.2) is 0 Å². The fourth-order valence-corrected chi connectivity index (χ4v) is 4.01. The van der Waals surface area contributed by atoms with E-state index in [1.54, 1.807) is 7.11 Å². The van der Waals surface area contributed by atoms with Gasteiger partial charge in [0.25, 0.3) is 0 Å². The summed E-state index contributed by atoms with van der Waals surface area (Å²) in [4.78, 5) is 16.9. The standard InChI is InChI=1S/C20H30N2O3/c1-25-19-9-5-3-7-17(19)15-21-10-12-22(13-11-21)20(24)14-16-6-2-4-8-18(16)23/h3,5,7,9,16,18,23H,2,4,6,8,10-15H2,1H3/t16-,18+/m1/s1. The zero-order valence-electron chi connectivity index (χ0n) is 15.2. The Labute approximate surface area is 150 Å². The maximum absolute atomic E-state index is 12.6. The molecule has 0 radical (unpaired) electrons. The summed E-state index contributed by atoms with van der Waals surface area (Å²) in [7, 11) is 1.70. The second-order valence-corrected chi connectivity index (χ2v) is 7.28. The minimum Gasteiger partial charge on any atom is -0.496 e. The first kappa shape index (κ1) is 18.2. The van der Waals surface area contributed by atoms with E-state index in [0.717, 1.165) is 64.2 Å². The van der Waals surface area contributed by atoms with Crippen LogP contribution in [-0.2, 0) is 11.3 Å². The highest BCUT2D eigenvalue weighted by molar-refractivity contribution is 5.76. The molecule has 0 bridgehead atoms. The quantitative estimate of drug-likeness (QED) is 0.889. The van der Waals surface area contributed by atoms with E-state index in [9.17, 15) is 9.90 Å². The number of nitrogens with zero attached hydrogens (tertiary/aromatic N) is 2. The van der Waals surface area contributed by atoms with Crippen LogP contribution in [0.4, 0.5) is 0 Å². The minimum absolute atomic E-state index is 0.160. The SMILES string of the molecule is COc1ccccc1CN1CCN(C(=O)C[C@H]2CCCC[C@@H]2O)CC1. The van der Waals surface area contributed by atoms with E-state index in [-0.39, 0.29) is 17.9 Å². The van der Waals surface area contributed by atoms with Crippen molar-refractivity contribution in [3.05, 3.63) is 29.8 Å². The molecule has 2 aliphatic rings. The van der Waals surface area contributed by atoms with Crippen LogP contribution in [0.3, 0.4) is 0 Å². The number of carbonyl (C=O) groups is 1. The van der Waals surface area contributed by atoms with Gasteiger partial charge in [0.05, 0.1) is 13.2 Å². The van der Waals surface area contributed by atoms with Crippen molar-refractivity contribution in [2.24, 2.45) is 5.92 Å². The van der Waals surface area contributed by atoms with Crippen LogP contribution in [0.1, 0.15) is 37.7 Å². The number of ether oxygens (including phenoxy) is 1. The molecule has 1 N–H and O–H groups in total. The Morgan fingerprint density at radius 3 is 2.60 bits per heavy atom. The second kappa shape index (κ2) is 8.68. The van der Waals surface area contributed by atoms with Gasteiger partial charge in [0.2, 0.25) is 5.91 Å². The Morgan fingerprint density at radius 2 is 1.88 bits per heavy atom. The van der Waals surface area contributed by atoms with Crippen molar-refractivity contribution >= 4 is 5.91 Å². The Balaban J connectivity index is 1.47. The van der Waals surface area contributed by atoms with E-state index in [2.05, 4.69) is 11.0 Å². The molecule has 1 heterocycles. The van der Waals surface area contributed by atoms with Crippen molar-refractivity contribution in [1.29, 1.82) is 0 Å². The zero-order chi connectivity index (χ0) is 17.6. The molecule has 1 saturated carbocycles. The van der Waals surface area contributed by atoms with Gasteiger partial charge in [-0.15, -0.1) is 0 Å². The molecule has 3 rings (SSSR count). The molecule has 138 valence electrons. The van der Waals surface area contributed by atoms with Crippen molar-refractivity contribution in [2.75, 3.05) is 33.3 Å². The highest BCUT2D eigenvalue weighted by Gasteiger charge is 2.28. The number of carbonyl (C=O) groups excluding carboxylic acids is 1. The number of methoxy groups -OCH3 is 1. The van der Waals surface area contributed by atoms with Gasteiger partial charge >= 0.3 is 0 Å². The number of rotatable bonds is 5. The highest BCUT2D eigenvalue weighted by Crippen LogP contribution is 2.28. The maximum Gasteiger partial charge on any atom is 0.223 e. The first-order valence-electron chi connectivity index (χ1n) is 9.47. The third kappa shape index (κ3) is 4.73. The molecule has 1 aliphatic heterocycles. The molecule has 1 amide bonds. The average molecular weight is 346 g/mol. The minimum atomic E-state index is -0.287. The molecule has 5 nitrogen and oxygen atoms in total. The summed E-state index contributed by atoms with van der Waals surface area (Å²) in [5.41, 5.74) is 1.19. The van der Waals surface area contributed by atoms with Crippen molar-refractivity contribution in [1.82, 2.24) is 9.80 Å². The largest absolute Gasteiger partial charge is 0.496 e. The van der Waals surface area contributed by atoms with Crippen molar-refractivity contribution in [3.8, 4) is 5.75 Å². The molecular formula is C20H30N2O3. The predicted molar refractivity (Wildman–Crippen MR) is 97.4 cm³/mol. The number of para-hydroxylation sites is 1. The number of aliphatic hydroxyl groups excluding tert-OH is 1. The van der Waals surface area contributed by atoms with E-state index in [1.807, 2.05) is 23.1 Å². The smallest absolute Gasteiger partial charge is 0.223 e. The van der Waals surface area contributed by atoms with Crippen LogP contribution in [0, 0.1) is 5.92 Å². The predicted octanol–water partition coefficient (Wildman–Crippen LogP) is 2.28. The summed E-state index contributed by atoms with van der Waals surface area (Å²) in [5, 5.41) is 10.1. The number of hydrogen-bond donors (Lipinski definition) is 1. The summed E-state index contributed by atoms with van der Waals surface area (Å²) >= 11 is 0. The van der Waals surface area contributed by atoms with Gasteiger partial charge in [-0.2, -0.15) is 0 Å². The summed E-state index contributed by atoms with van der Waals surface area (Å²) in [6, 6.07) is 8.11. The van der Waals surface area contributed by atoms with Gasteiger partial charge in [-0.05, 0) is 24.8 Å². The topological polar surface area (TPSA) is 53.0 Å². The first-order chi connectivity index (χ1) is 12.2. The Hall–Kier alpha value is -1.59. The normalized spacial score (nSPS) is 25.0. The van der Waals surface area contributed by atoms with Gasteiger partial charge in [-0.3, -0.25) is 9.69 Å². The van der Waals surface area contributed by atoms with Gasteiger partial charge in [-0.1, -0.05) is 31.0 Å². The van der Waals surface area contributed by atoms with Gasteiger partial charge in [0.15, 0.2) is 0 Å². The van der Waals surface area contributed by atoms with Crippen molar-refractivity contribution < 1.29 is 14.6 Å². The molecule has 2 atom stereocenters. The molecule has 5 heteroatoms. The van der Waals surface area contributed by atoms with Crippen LogP contribution in [0.15, 0.2) is 24.3 Å². The molecule has 1 aromatic rings. The summed E-state index contributed by atoms with van der Waals surface area (Å²) in [5.74, 6) is 1.29. The number of aliphatic hydroxyl groups is 1. The van der Waals surface area contributed by atoms with Gasteiger partial charge in [0, 0.05) is 44.7 Å². The lowest BCUT2D eigenvalue weighted by Gasteiger charge is -2.36. The lowest BCUT2D eigenvalue weighted by molar-refractivity contribution is -0.135. The molecule has 0 spiro atoms. The van der Waals surface area contributed by atoms with Crippen LogP contribution < -0.4 is 4.74 Å². The molecule has 1 saturated heterocycles. The lowest BCUT2D eigenvalue weighted by Crippen LogP contribution is -2.49. The fraction of sp³-hybridized carbons (Fsp3) is 0.650. The summed E-state index contributed by atoms with van der Waals surface area (Å²) < 4.78 is 5.43. The molecule has 25 heavy (non-hydrogen) atoms. The van der Waals surface area contributed by atoms with Crippen LogP contribution in [0.5, 0.6) is 5.75 Å².